The number of hydrogen-bond donors (Lipinski definition) is 2. The van der Waals surface area contributed by atoms with E-state index < -0.39 is 0 Å². The summed E-state index contributed by atoms with van der Waals surface area (Å²) in [5, 5.41) is 0. The van der Waals surface area contributed by atoms with E-state index in [9.17, 15) is 4.79 Å². The van der Waals surface area contributed by atoms with Gasteiger partial charge in [0.25, 0.3) is 5.91 Å². The SMILES string of the molecule is Cn1cccc1C(=O)N1CCC2NNC(c3ccc(-c4ccccc4)cc3)C2C1. The Morgan fingerprint density at radius 2 is 1.69 bits per heavy atom. The van der Waals surface area contributed by atoms with Crippen LogP contribution in [0.15, 0.2) is 72.9 Å². The summed E-state index contributed by atoms with van der Waals surface area (Å²) >= 11 is 0. The first-order valence-corrected chi connectivity index (χ1v) is 10.3. The summed E-state index contributed by atoms with van der Waals surface area (Å²) in [4.78, 5) is 15.0. The van der Waals surface area contributed by atoms with Crippen LogP contribution in [0.25, 0.3) is 11.1 Å². The van der Waals surface area contributed by atoms with Gasteiger partial charge in [0.15, 0.2) is 0 Å². The lowest BCUT2D eigenvalue weighted by Crippen LogP contribution is -2.48. The zero-order valence-corrected chi connectivity index (χ0v) is 16.6. The van der Waals surface area contributed by atoms with Gasteiger partial charge in [0.1, 0.15) is 5.69 Å². The van der Waals surface area contributed by atoms with Crippen LogP contribution in [0.2, 0.25) is 0 Å². The maximum absolute atomic E-state index is 13.0. The van der Waals surface area contributed by atoms with Crippen LogP contribution in [0, 0.1) is 5.92 Å². The van der Waals surface area contributed by atoms with Crippen molar-refractivity contribution in [2.24, 2.45) is 13.0 Å². The van der Waals surface area contributed by atoms with Crippen molar-refractivity contribution in [2.75, 3.05) is 13.1 Å². The van der Waals surface area contributed by atoms with E-state index in [0.29, 0.717) is 12.0 Å². The number of nitrogens with one attached hydrogen (secondary N) is 2. The minimum absolute atomic E-state index is 0.126. The summed E-state index contributed by atoms with van der Waals surface area (Å²) < 4.78 is 1.90. The molecule has 2 fully saturated rings. The lowest BCUT2D eigenvalue weighted by molar-refractivity contribution is 0.0643. The summed E-state index contributed by atoms with van der Waals surface area (Å²) in [6, 6.07) is 23.7. The topological polar surface area (TPSA) is 49.3 Å². The molecule has 0 radical (unpaired) electrons. The smallest absolute Gasteiger partial charge is 0.270 e. The van der Waals surface area contributed by atoms with Crippen LogP contribution in [0.5, 0.6) is 0 Å². The second-order valence-electron chi connectivity index (χ2n) is 8.07. The number of aromatic nitrogens is 1. The van der Waals surface area contributed by atoms with Crippen molar-refractivity contribution in [3.63, 3.8) is 0 Å². The van der Waals surface area contributed by atoms with Gasteiger partial charge in [-0.25, -0.2) is 5.43 Å². The first kappa shape index (κ1) is 18.2. The van der Waals surface area contributed by atoms with E-state index in [1.807, 2.05) is 40.9 Å². The summed E-state index contributed by atoms with van der Waals surface area (Å²) in [6.07, 6.45) is 2.89. The average Bonchev–Trinajstić information content (AvgIpc) is 3.39. The molecule has 148 valence electrons. The molecule has 5 nitrogen and oxygen atoms in total. The highest BCUT2D eigenvalue weighted by atomic mass is 16.2. The standard InChI is InChI=1S/C24H26N4O/c1-27-14-5-8-22(27)24(29)28-15-13-21-20(16-28)23(26-25-21)19-11-9-18(10-12-19)17-6-3-2-4-7-17/h2-12,14,20-21,23,25-26H,13,15-16H2,1H3. The highest BCUT2D eigenvalue weighted by molar-refractivity contribution is 5.92. The second kappa shape index (κ2) is 7.50. The van der Waals surface area contributed by atoms with Gasteiger partial charge < -0.3 is 9.47 Å². The molecule has 29 heavy (non-hydrogen) atoms. The van der Waals surface area contributed by atoms with Crippen LogP contribution in [0.3, 0.4) is 0 Å². The van der Waals surface area contributed by atoms with Crippen molar-refractivity contribution in [1.29, 1.82) is 0 Å². The van der Waals surface area contributed by atoms with Gasteiger partial charge in [-0.05, 0) is 35.2 Å². The van der Waals surface area contributed by atoms with Gasteiger partial charge in [-0.2, -0.15) is 0 Å². The molecule has 0 saturated carbocycles. The zero-order valence-electron chi connectivity index (χ0n) is 16.6. The maximum atomic E-state index is 13.0. The van der Waals surface area contributed by atoms with Gasteiger partial charge >= 0.3 is 0 Å². The number of aryl methyl sites for hydroxylation is 1. The summed E-state index contributed by atoms with van der Waals surface area (Å²) in [7, 11) is 1.93. The third kappa shape index (κ3) is 3.37. The van der Waals surface area contributed by atoms with Gasteiger partial charge in [0.2, 0.25) is 0 Å². The summed E-state index contributed by atoms with van der Waals surface area (Å²) in [5.74, 6) is 0.483. The molecule has 5 heteroatoms. The van der Waals surface area contributed by atoms with Crippen molar-refractivity contribution in [3.05, 3.63) is 84.2 Å². The lowest BCUT2D eigenvalue weighted by Gasteiger charge is -2.36. The van der Waals surface area contributed by atoms with Crippen molar-refractivity contribution in [2.45, 2.75) is 18.5 Å². The summed E-state index contributed by atoms with van der Waals surface area (Å²) in [6.45, 7) is 1.55. The molecule has 1 aromatic heterocycles. The Morgan fingerprint density at radius 1 is 0.931 bits per heavy atom. The number of rotatable bonds is 3. The van der Waals surface area contributed by atoms with Crippen LogP contribution in [-0.4, -0.2) is 34.5 Å². The molecule has 2 aliphatic rings. The zero-order chi connectivity index (χ0) is 19.8. The molecule has 0 aliphatic carbocycles. The first-order chi connectivity index (χ1) is 14.2. The number of hydrogen-bond acceptors (Lipinski definition) is 3. The predicted molar refractivity (Wildman–Crippen MR) is 114 cm³/mol. The third-order valence-corrected chi connectivity index (χ3v) is 6.34. The predicted octanol–water partition coefficient (Wildman–Crippen LogP) is 3.37. The molecular weight excluding hydrogens is 360 g/mol. The Morgan fingerprint density at radius 3 is 2.41 bits per heavy atom. The quantitative estimate of drug-likeness (QED) is 0.726. The number of nitrogens with zero attached hydrogens (tertiary/aromatic N) is 2. The molecule has 2 aliphatic heterocycles. The first-order valence-electron chi connectivity index (χ1n) is 10.3. The number of carbonyl (C=O) groups excluding carboxylic acids is 1. The molecule has 2 aromatic carbocycles. The van der Waals surface area contributed by atoms with Gasteiger partial charge in [-0.15, -0.1) is 0 Å². The largest absolute Gasteiger partial charge is 0.347 e. The van der Waals surface area contributed by atoms with E-state index in [1.54, 1.807) is 0 Å². The lowest BCUT2D eigenvalue weighted by atomic mass is 9.84. The molecular formula is C24H26N4O. The highest BCUT2D eigenvalue weighted by Gasteiger charge is 2.41. The van der Waals surface area contributed by atoms with E-state index in [2.05, 4.69) is 59.4 Å². The van der Waals surface area contributed by atoms with Crippen LogP contribution < -0.4 is 10.9 Å². The van der Waals surface area contributed by atoms with Crippen LogP contribution in [0.1, 0.15) is 28.5 Å². The fourth-order valence-electron chi connectivity index (χ4n) is 4.68. The normalized spacial score (nSPS) is 23.8. The van der Waals surface area contributed by atoms with Crippen molar-refractivity contribution >= 4 is 5.91 Å². The number of likely N-dealkylation sites (tertiary alicyclic amines) is 1. The van der Waals surface area contributed by atoms with E-state index in [4.69, 9.17) is 0 Å². The third-order valence-electron chi connectivity index (χ3n) is 6.34. The van der Waals surface area contributed by atoms with E-state index >= 15 is 0 Å². The number of benzene rings is 2. The van der Waals surface area contributed by atoms with Crippen molar-refractivity contribution in [3.8, 4) is 11.1 Å². The van der Waals surface area contributed by atoms with Crippen molar-refractivity contribution < 1.29 is 4.79 Å². The molecule has 2 N–H and O–H groups in total. The van der Waals surface area contributed by atoms with E-state index in [0.717, 1.165) is 25.2 Å². The van der Waals surface area contributed by atoms with Crippen LogP contribution in [0.4, 0.5) is 0 Å². The molecule has 3 aromatic rings. The minimum Gasteiger partial charge on any atom is -0.347 e. The molecule has 1 amide bonds. The number of amides is 1. The molecule has 3 unspecified atom stereocenters. The Kier molecular flexibility index (Phi) is 4.70. The number of piperidine rings is 1. The van der Waals surface area contributed by atoms with Crippen molar-refractivity contribution in [1.82, 2.24) is 20.3 Å². The van der Waals surface area contributed by atoms with Crippen LogP contribution in [-0.2, 0) is 7.05 Å². The number of carbonyl (C=O) groups is 1. The van der Waals surface area contributed by atoms with Crippen LogP contribution >= 0.6 is 0 Å². The highest BCUT2D eigenvalue weighted by Crippen LogP contribution is 2.35. The Labute approximate surface area is 171 Å². The average molecular weight is 386 g/mol. The number of hydrazine groups is 1. The van der Waals surface area contributed by atoms with Gasteiger partial charge in [0, 0.05) is 38.3 Å². The molecule has 5 rings (SSSR count). The van der Waals surface area contributed by atoms with Gasteiger partial charge in [-0.3, -0.25) is 10.2 Å². The molecule has 2 saturated heterocycles. The Bertz CT molecular complexity index is 995. The Hall–Kier alpha value is -2.89. The fraction of sp³-hybridized carbons (Fsp3) is 0.292. The molecule has 0 spiro atoms. The maximum Gasteiger partial charge on any atom is 0.270 e. The molecule has 3 atom stereocenters. The van der Waals surface area contributed by atoms with E-state index in [-0.39, 0.29) is 11.9 Å². The Balaban J connectivity index is 1.34. The van der Waals surface area contributed by atoms with Gasteiger partial charge in [-0.1, -0.05) is 54.6 Å². The number of fused-ring (bicyclic) bond motifs is 1. The molecule has 0 bridgehead atoms. The molecule has 3 heterocycles. The fourth-order valence-corrected chi connectivity index (χ4v) is 4.68. The summed E-state index contributed by atoms with van der Waals surface area (Å²) in [5.41, 5.74) is 11.4. The second-order valence-corrected chi connectivity index (χ2v) is 8.07. The van der Waals surface area contributed by atoms with Gasteiger partial charge in [0.05, 0.1) is 6.04 Å². The minimum atomic E-state index is 0.126. The van der Waals surface area contributed by atoms with E-state index in [1.165, 1.54) is 16.7 Å². The monoisotopic (exact) mass is 386 g/mol.